The second kappa shape index (κ2) is 5.67. The second-order valence-electron chi connectivity index (χ2n) is 4.64. The van der Waals surface area contributed by atoms with E-state index in [4.69, 9.17) is 9.15 Å². The Kier molecular flexibility index (Phi) is 3.56. The zero-order valence-corrected chi connectivity index (χ0v) is 11.6. The largest absolute Gasteiger partial charge is 0.497 e. The molecule has 21 heavy (non-hydrogen) atoms. The van der Waals surface area contributed by atoms with Gasteiger partial charge in [0.25, 0.3) is 0 Å². The van der Waals surface area contributed by atoms with E-state index >= 15 is 0 Å². The van der Waals surface area contributed by atoms with Crippen LogP contribution in [0.1, 0.15) is 16.1 Å². The topological polar surface area (TPSA) is 39.4 Å². The lowest BCUT2D eigenvalue weighted by Gasteiger charge is -2.04. The number of methoxy groups -OCH3 is 1. The first-order valence-electron chi connectivity index (χ1n) is 6.60. The second-order valence-corrected chi connectivity index (χ2v) is 4.64. The number of furan rings is 1. The first kappa shape index (κ1) is 13.2. The Morgan fingerprint density at radius 2 is 1.90 bits per heavy atom. The summed E-state index contributed by atoms with van der Waals surface area (Å²) in [6, 6.07) is 15.0. The highest BCUT2D eigenvalue weighted by Crippen LogP contribution is 2.22. The molecule has 3 heteroatoms. The summed E-state index contributed by atoms with van der Waals surface area (Å²) >= 11 is 0. The van der Waals surface area contributed by atoms with Crippen LogP contribution in [-0.4, -0.2) is 12.9 Å². The summed E-state index contributed by atoms with van der Waals surface area (Å²) in [4.78, 5) is 12.2. The Hall–Kier alpha value is -2.81. The van der Waals surface area contributed by atoms with Gasteiger partial charge in [0.05, 0.1) is 13.4 Å². The van der Waals surface area contributed by atoms with Crippen LogP contribution in [0.3, 0.4) is 0 Å². The predicted octanol–water partition coefficient (Wildman–Crippen LogP) is 4.34. The van der Waals surface area contributed by atoms with Gasteiger partial charge in [-0.2, -0.15) is 0 Å². The number of ether oxygens (including phenoxy) is 1. The summed E-state index contributed by atoms with van der Waals surface area (Å²) in [5.41, 5.74) is 0.649. The molecule has 0 saturated carbocycles. The van der Waals surface area contributed by atoms with E-state index in [0.29, 0.717) is 11.3 Å². The lowest BCUT2D eigenvalue weighted by Crippen LogP contribution is -1.94. The van der Waals surface area contributed by atoms with Crippen molar-refractivity contribution >= 4 is 22.6 Å². The molecule has 0 fully saturated rings. The van der Waals surface area contributed by atoms with Gasteiger partial charge in [0.15, 0.2) is 5.78 Å². The molecule has 0 saturated heterocycles. The van der Waals surface area contributed by atoms with E-state index in [9.17, 15) is 4.79 Å². The zero-order valence-electron chi connectivity index (χ0n) is 11.6. The van der Waals surface area contributed by atoms with Crippen LogP contribution in [0.15, 0.2) is 65.3 Å². The van der Waals surface area contributed by atoms with E-state index in [1.807, 2.05) is 36.4 Å². The molecule has 3 nitrogen and oxygen atoms in total. The van der Waals surface area contributed by atoms with E-state index < -0.39 is 0 Å². The molecule has 0 aliphatic heterocycles. The average Bonchev–Trinajstić information content (AvgIpc) is 3.05. The lowest BCUT2D eigenvalue weighted by molar-refractivity contribution is 0.104. The molecule has 104 valence electrons. The van der Waals surface area contributed by atoms with Crippen LogP contribution in [0.5, 0.6) is 5.75 Å². The first-order valence-corrected chi connectivity index (χ1v) is 6.60. The van der Waals surface area contributed by atoms with E-state index in [1.165, 1.54) is 6.08 Å². The van der Waals surface area contributed by atoms with Crippen LogP contribution >= 0.6 is 0 Å². The Balaban J connectivity index is 1.88. The van der Waals surface area contributed by atoms with Crippen molar-refractivity contribution in [2.24, 2.45) is 0 Å². The van der Waals surface area contributed by atoms with Crippen molar-refractivity contribution in [2.45, 2.75) is 0 Å². The minimum absolute atomic E-state index is 0.0517. The molecule has 3 rings (SSSR count). The summed E-state index contributed by atoms with van der Waals surface area (Å²) in [5, 5.41) is 2.05. The van der Waals surface area contributed by atoms with E-state index in [-0.39, 0.29) is 5.78 Å². The van der Waals surface area contributed by atoms with Crippen molar-refractivity contribution in [1.29, 1.82) is 0 Å². The Morgan fingerprint density at radius 1 is 1.10 bits per heavy atom. The molecule has 0 bridgehead atoms. The molecule has 3 aromatic rings. The standard InChI is InChI=1S/C18H14O3/c1-20-17-7-6-13-11-15(5-4-14(13)12-17)18(19)9-8-16-3-2-10-21-16/h2-12H,1H3. The van der Waals surface area contributed by atoms with Crippen LogP contribution < -0.4 is 4.74 Å². The van der Waals surface area contributed by atoms with Gasteiger partial charge < -0.3 is 9.15 Å². The van der Waals surface area contributed by atoms with E-state index in [0.717, 1.165) is 16.5 Å². The molecule has 0 radical (unpaired) electrons. The molecule has 0 N–H and O–H groups in total. The highest BCUT2D eigenvalue weighted by atomic mass is 16.5. The highest BCUT2D eigenvalue weighted by Gasteiger charge is 2.04. The number of hydrogen-bond acceptors (Lipinski definition) is 3. The molecule has 0 aliphatic carbocycles. The summed E-state index contributed by atoms with van der Waals surface area (Å²) in [6.45, 7) is 0. The first-order chi connectivity index (χ1) is 10.3. The number of fused-ring (bicyclic) bond motifs is 1. The fraction of sp³-hybridized carbons (Fsp3) is 0.0556. The molecule has 2 aromatic carbocycles. The van der Waals surface area contributed by atoms with Gasteiger partial charge in [-0.25, -0.2) is 0 Å². The number of hydrogen-bond donors (Lipinski definition) is 0. The molecular formula is C18H14O3. The van der Waals surface area contributed by atoms with Crippen molar-refractivity contribution in [1.82, 2.24) is 0 Å². The molecule has 0 aliphatic rings. The third kappa shape index (κ3) is 2.87. The van der Waals surface area contributed by atoms with Gasteiger partial charge in [0.1, 0.15) is 11.5 Å². The van der Waals surface area contributed by atoms with Gasteiger partial charge in [-0.15, -0.1) is 0 Å². The molecule has 0 atom stereocenters. The predicted molar refractivity (Wildman–Crippen MR) is 82.6 cm³/mol. The van der Waals surface area contributed by atoms with Crippen LogP contribution in [0.25, 0.3) is 16.8 Å². The van der Waals surface area contributed by atoms with Gasteiger partial charge in [0.2, 0.25) is 0 Å². The number of benzene rings is 2. The quantitative estimate of drug-likeness (QED) is 0.526. The summed E-state index contributed by atoms with van der Waals surface area (Å²) in [7, 11) is 1.64. The summed E-state index contributed by atoms with van der Waals surface area (Å²) in [5.74, 6) is 1.41. The third-order valence-electron chi connectivity index (χ3n) is 3.27. The minimum atomic E-state index is -0.0517. The van der Waals surface area contributed by atoms with E-state index in [1.54, 1.807) is 31.6 Å². The van der Waals surface area contributed by atoms with Crippen LogP contribution in [0.4, 0.5) is 0 Å². The minimum Gasteiger partial charge on any atom is -0.497 e. The number of ketones is 1. The van der Waals surface area contributed by atoms with Gasteiger partial charge in [-0.1, -0.05) is 18.2 Å². The molecule has 0 amide bonds. The van der Waals surface area contributed by atoms with E-state index in [2.05, 4.69) is 0 Å². The molecule has 1 aromatic heterocycles. The lowest BCUT2D eigenvalue weighted by atomic mass is 10.0. The Bertz CT molecular complexity index is 798. The van der Waals surface area contributed by atoms with Crippen molar-refractivity contribution in [3.8, 4) is 5.75 Å². The number of carbonyl (C=O) groups is 1. The SMILES string of the molecule is COc1ccc2cc(C(=O)C=Cc3ccco3)ccc2c1. The van der Waals surface area contributed by atoms with Crippen molar-refractivity contribution in [3.63, 3.8) is 0 Å². The maximum absolute atomic E-state index is 12.2. The van der Waals surface area contributed by atoms with Gasteiger partial charge in [-0.3, -0.25) is 4.79 Å². The van der Waals surface area contributed by atoms with Crippen molar-refractivity contribution in [2.75, 3.05) is 7.11 Å². The smallest absolute Gasteiger partial charge is 0.185 e. The summed E-state index contributed by atoms with van der Waals surface area (Å²) < 4.78 is 10.4. The number of rotatable bonds is 4. The van der Waals surface area contributed by atoms with Gasteiger partial charge in [0, 0.05) is 5.56 Å². The van der Waals surface area contributed by atoms with Crippen molar-refractivity contribution < 1.29 is 13.9 Å². The maximum atomic E-state index is 12.2. The van der Waals surface area contributed by atoms with Gasteiger partial charge >= 0.3 is 0 Å². The van der Waals surface area contributed by atoms with Gasteiger partial charge in [-0.05, 0) is 53.3 Å². The monoisotopic (exact) mass is 278 g/mol. The van der Waals surface area contributed by atoms with Crippen molar-refractivity contribution in [3.05, 3.63) is 72.2 Å². The third-order valence-corrected chi connectivity index (χ3v) is 3.27. The Labute approximate surface area is 122 Å². The fourth-order valence-corrected chi connectivity index (χ4v) is 2.14. The Morgan fingerprint density at radius 3 is 2.67 bits per heavy atom. The maximum Gasteiger partial charge on any atom is 0.185 e. The fourth-order valence-electron chi connectivity index (χ4n) is 2.14. The number of allylic oxidation sites excluding steroid dienone is 1. The van der Waals surface area contributed by atoms with Crippen LogP contribution in [0.2, 0.25) is 0 Å². The van der Waals surface area contributed by atoms with Crippen LogP contribution in [0, 0.1) is 0 Å². The molecule has 1 heterocycles. The highest BCUT2D eigenvalue weighted by molar-refractivity contribution is 6.08. The molecular weight excluding hydrogens is 264 g/mol. The summed E-state index contributed by atoms with van der Waals surface area (Å²) in [6.07, 6.45) is 4.76. The zero-order chi connectivity index (χ0) is 14.7. The normalized spacial score (nSPS) is 11.1. The average molecular weight is 278 g/mol. The number of carbonyl (C=O) groups excluding carboxylic acids is 1. The molecule has 0 unspecified atom stereocenters. The van der Waals surface area contributed by atoms with Crippen LogP contribution in [-0.2, 0) is 0 Å². The molecule has 0 spiro atoms.